The van der Waals surface area contributed by atoms with Crippen LogP contribution in [0, 0.1) is 27.7 Å². The first-order valence-corrected chi connectivity index (χ1v) is 11.9. The van der Waals surface area contributed by atoms with Crippen LogP contribution in [0.1, 0.15) is 22.8 Å². The fraction of sp³-hybridized carbons (Fsp3) is 0.286. The van der Waals surface area contributed by atoms with Crippen molar-refractivity contribution in [2.24, 2.45) is 28.2 Å². The molecule has 0 atom stereocenters. The smallest absolute Gasteiger partial charge is 0.503 e. The molecular formula is C28H36N4O8Zn3+2. The molecule has 0 amide bonds. The Morgan fingerprint density at radius 3 is 0.674 bits per heavy atom. The van der Waals surface area contributed by atoms with Crippen molar-refractivity contribution in [3.63, 3.8) is 0 Å². The van der Waals surface area contributed by atoms with Crippen LogP contribution < -0.4 is 21.7 Å². The van der Waals surface area contributed by atoms with Gasteiger partial charge in [-0.05, 0) is 27.7 Å². The Labute approximate surface area is 287 Å². The van der Waals surface area contributed by atoms with Crippen LogP contribution in [0.4, 0.5) is 0 Å². The van der Waals surface area contributed by atoms with E-state index in [4.69, 9.17) is 20.4 Å². The molecule has 0 saturated heterocycles. The largest absolute Gasteiger partial charge is 2.00 e. The minimum atomic E-state index is -0.324. The molecule has 43 heavy (non-hydrogen) atoms. The van der Waals surface area contributed by atoms with Gasteiger partial charge in [-0.25, -0.2) is 0 Å². The molecule has 4 rings (SSSR count). The van der Waals surface area contributed by atoms with Gasteiger partial charge >= 0.3 is 19.5 Å². The standard InChI is InChI=1S/4C7H9NO2.3Zn/c4*1-5-7(10)6(9)3-4-8(5)2;;;/h4*3-4,10H,1-2H3;;;/q;;;;;;+2. The van der Waals surface area contributed by atoms with Crippen LogP contribution in [0.2, 0.25) is 0 Å². The summed E-state index contributed by atoms with van der Waals surface area (Å²) in [6.45, 7) is 6.76. The van der Waals surface area contributed by atoms with Crippen molar-refractivity contribution in [2.75, 3.05) is 0 Å². The molecule has 0 unspecified atom stereocenters. The first-order valence-electron chi connectivity index (χ1n) is 11.9. The van der Waals surface area contributed by atoms with Crippen LogP contribution in [0.3, 0.4) is 0 Å². The second-order valence-electron chi connectivity index (χ2n) is 8.90. The van der Waals surface area contributed by atoms with Gasteiger partial charge in [-0.3, -0.25) is 19.2 Å². The van der Waals surface area contributed by atoms with Crippen LogP contribution in [0.25, 0.3) is 0 Å². The zero-order valence-corrected chi connectivity index (χ0v) is 34.9. The number of aryl methyl sites for hydroxylation is 4. The molecule has 4 aromatic rings. The number of pyridine rings is 4. The summed E-state index contributed by atoms with van der Waals surface area (Å²) in [5.41, 5.74) is 1.07. The van der Waals surface area contributed by atoms with Crippen LogP contribution in [0.15, 0.2) is 68.2 Å². The number of hydrogen-bond donors (Lipinski definition) is 4. The van der Waals surface area contributed by atoms with Gasteiger partial charge in [-0.1, -0.05) is 0 Å². The maximum absolute atomic E-state index is 10.7. The second-order valence-corrected chi connectivity index (χ2v) is 8.90. The van der Waals surface area contributed by atoms with Crippen molar-refractivity contribution in [1.29, 1.82) is 0 Å². The van der Waals surface area contributed by atoms with Gasteiger partial charge in [-0.2, -0.15) is 0 Å². The van der Waals surface area contributed by atoms with E-state index < -0.39 is 0 Å². The Morgan fingerprint density at radius 1 is 0.419 bits per heavy atom. The third kappa shape index (κ3) is 12.6. The zero-order valence-electron chi connectivity index (χ0n) is 26.0. The van der Waals surface area contributed by atoms with E-state index in [1.54, 1.807) is 98.9 Å². The summed E-state index contributed by atoms with van der Waals surface area (Å²) in [5.74, 6) is -0.648. The van der Waals surface area contributed by atoms with Gasteiger partial charge in [0.1, 0.15) is 0 Å². The number of rotatable bonds is 0. The van der Waals surface area contributed by atoms with Crippen LogP contribution in [-0.4, -0.2) is 38.7 Å². The Kier molecular flexibility index (Phi) is 20.6. The normalized spacial score (nSPS) is 9.12. The van der Waals surface area contributed by atoms with E-state index in [0.29, 0.717) is 22.8 Å². The van der Waals surface area contributed by atoms with Crippen molar-refractivity contribution in [3.05, 3.63) is 113 Å². The van der Waals surface area contributed by atoms with E-state index in [1.165, 1.54) is 24.3 Å². The third-order valence-corrected chi connectivity index (χ3v) is 6.22. The molecule has 12 nitrogen and oxygen atoms in total. The van der Waals surface area contributed by atoms with Crippen molar-refractivity contribution >= 4 is 0 Å². The van der Waals surface area contributed by atoms with Gasteiger partial charge < -0.3 is 38.7 Å². The molecule has 0 radical (unpaired) electrons. The molecule has 0 spiro atoms. The van der Waals surface area contributed by atoms with Crippen LogP contribution >= 0.6 is 0 Å². The topological polar surface area (TPSA) is 169 Å². The number of aromatic hydroxyl groups is 4. The van der Waals surface area contributed by atoms with Crippen molar-refractivity contribution in [1.82, 2.24) is 18.3 Å². The average Bonchev–Trinajstić information content (AvgIpc) is 2.93. The average molecular weight is 753 g/mol. The maximum Gasteiger partial charge on any atom is 2.00 e. The van der Waals surface area contributed by atoms with Gasteiger partial charge in [0.2, 0.25) is 21.7 Å². The number of aromatic nitrogens is 4. The molecule has 0 bridgehead atoms. The SMILES string of the molecule is Cc1c(O)c(=O)ccn1C.Cc1c(O)c(=O)ccn1C.Cc1c(O)c(=O)ccn1C.Cc1c(O)c(=O)ccn1C.[Zn+2].[Zn].[Zn]. The molecule has 0 aliphatic heterocycles. The molecular weight excluding hydrogens is 716 g/mol. The molecule has 4 N–H and O–H groups in total. The minimum Gasteiger partial charge on any atom is -0.503 e. The predicted octanol–water partition coefficient (Wildman–Crippen LogP) is 1.59. The van der Waals surface area contributed by atoms with Gasteiger partial charge in [0, 0.05) is 116 Å². The predicted molar refractivity (Wildman–Crippen MR) is 152 cm³/mol. The van der Waals surface area contributed by atoms with Gasteiger partial charge in [0.05, 0.1) is 22.8 Å². The summed E-state index contributed by atoms with van der Waals surface area (Å²) in [4.78, 5) is 42.9. The molecule has 0 fully saturated rings. The third-order valence-electron chi connectivity index (χ3n) is 6.22. The van der Waals surface area contributed by atoms with Gasteiger partial charge in [0.15, 0.2) is 23.0 Å². The fourth-order valence-corrected chi connectivity index (χ4v) is 2.86. The first-order chi connectivity index (χ1) is 18.5. The van der Waals surface area contributed by atoms with E-state index in [0.717, 1.165) is 0 Å². The Bertz CT molecular complexity index is 1470. The molecule has 4 heterocycles. The molecule has 4 aromatic heterocycles. The van der Waals surface area contributed by atoms with Gasteiger partial charge in [-0.15, -0.1) is 0 Å². The quantitative estimate of drug-likeness (QED) is 0.197. The number of hydrogen-bond acceptors (Lipinski definition) is 8. The van der Waals surface area contributed by atoms with E-state index in [1.807, 2.05) is 0 Å². The van der Waals surface area contributed by atoms with E-state index in [-0.39, 0.29) is 103 Å². The fourth-order valence-electron chi connectivity index (χ4n) is 2.86. The molecule has 0 aromatic carbocycles. The summed E-state index contributed by atoms with van der Waals surface area (Å²) >= 11 is 0. The summed E-state index contributed by atoms with van der Waals surface area (Å²) < 4.78 is 6.76. The van der Waals surface area contributed by atoms with E-state index >= 15 is 0 Å². The van der Waals surface area contributed by atoms with Crippen molar-refractivity contribution < 1.29 is 78.9 Å². The molecule has 15 heteroatoms. The summed E-state index contributed by atoms with van der Waals surface area (Å²) in [6.07, 6.45) is 6.49. The first kappa shape index (κ1) is 44.3. The molecule has 0 aliphatic carbocycles. The summed E-state index contributed by atoms with van der Waals surface area (Å²) in [5, 5.41) is 36.2. The van der Waals surface area contributed by atoms with Gasteiger partial charge in [0.25, 0.3) is 0 Å². The number of nitrogens with zero attached hydrogens (tertiary/aromatic N) is 4. The monoisotopic (exact) mass is 748 g/mol. The molecule has 0 saturated carbocycles. The van der Waals surface area contributed by atoms with Crippen molar-refractivity contribution in [3.8, 4) is 23.0 Å². The second kappa shape index (κ2) is 19.9. The van der Waals surface area contributed by atoms with E-state index in [2.05, 4.69) is 0 Å². The summed E-state index contributed by atoms with van der Waals surface area (Å²) in [6, 6.07) is 5.34. The summed E-state index contributed by atoms with van der Waals surface area (Å²) in [7, 11) is 7.09. The van der Waals surface area contributed by atoms with E-state index in [9.17, 15) is 19.2 Å². The minimum absolute atomic E-state index is 0. The Morgan fingerprint density at radius 2 is 0.558 bits per heavy atom. The molecule has 0 aliphatic rings. The molecule has 220 valence electrons. The Hall–Kier alpha value is -3.13. The van der Waals surface area contributed by atoms with Crippen molar-refractivity contribution in [2.45, 2.75) is 27.7 Å². The Balaban J connectivity index is -0.000000485. The zero-order chi connectivity index (χ0) is 30.9. The van der Waals surface area contributed by atoms with Crippen LogP contribution in [0.5, 0.6) is 23.0 Å². The van der Waals surface area contributed by atoms with Crippen LogP contribution in [-0.2, 0) is 86.6 Å². The maximum atomic E-state index is 10.7.